The highest BCUT2D eigenvalue weighted by molar-refractivity contribution is 5.75. The van der Waals surface area contributed by atoms with Crippen molar-refractivity contribution in [2.45, 2.75) is 56.7 Å². The molecule has 0 heterocycles. The molecule has 0 saturated heterocycles. The lowest BCUT2D eigenvalue weighted by Gasteiger charge is -2.13. The van der Waals surface area contributed by atoms with Gasteiger partial charge in [-0.1, -0.05) is 24.3 Å². The summed E-state index contributed by atoms with van der Waals surface area (Å²) in [6.45, 7) is -0.577. The molecule has 2 atom stereocenters. The number of halogens is 6. The summed E-state index contributed by atoms with van der Waals surface area (Å²) in [6.07, 6.45) is -14.6. The Bertz CT molecular complexity index is 719. The number of hydrogen-bond donors (Lipinski definition) is 2. The maximum atomic E-state index is 12.2. The smallest absolute Gasteiger partial charge is 0.425 e. The van der Waals surface area contributed by atoms with Crippen LogP contribution in [0.15, 0.2) is 24.3 Å². The van der Waals surface area contributed by atoms with Crippen LogP contribution in [0.1, 0.15) is 30.4 Å². The molecule has 0 bridgehead atoms. The summed E-state index contributed by atoms with van der Waals surface area (Å²) in [5.41, 5.74) is 1.70. The summed E-state index contributed by atoms with van der Waals surface area (Å²) in [5, 5.41) is 17.4. The maximum Gasteiger partial charge on any atom is 0.425 e. The molecule has 1 aromatic carbocycles. The van der Waals surface area contributed by atoms with Crippen LogP contribution in [0, 0.1) is 0 Å². The molecular formula is C19H22F6O6. The molecule has 0 aromatic heterocycles. The molecule has 176 valence electrons. The monoisotopic (exact) mass is 460 g/mol. The quantitative estimate of drug-likeness (QED) is 0.300. The minimum atomic E-state index is -5.08. The van der Waals surface area contributed by atoms with Gasteiger partial charge >= 0.3 is 24.3 Å². The van der Waals surface area contributed by atoms with Gasteiger partial charge in [0.15, 0.2) is 0 Å². The van der Waals surface area contributed by atoms with Crippen LogP contribution in [-0.4, -0.2) is 59.9 Å². The number of alkyl halides is 6. The number of carbonyl (C=O) groups is 2. The first-order chi connectivity index (χ1) is 14.3. The first kappa shape index (κ1) is 26.7. The number of esters is 2. The van der Waals surface area contributed by atoms with Gasteiger partial charge in [0.1, 0.15) is 0 Å². The van der Waals surface area contributed by atoms with Crippen molar-refractivity contribution in [1.82, 2.24) is 0 Å². The van der Waals surface area contributed by atoms with Gasteiger partial charge in [-0.3, -0.25) is 0 Å². The van der Waals surface area contributed by atoms with Gasteiger partial charge in [0.05, 0.1) is 13.2 Å². The second kappa shape index (κ2) is 11.9. The molecule has 1 rings (SSSR count). The van der Waals surface area contributed by atoms with Crippen molar-refractivity contribution in [2.75, 3.05) is 13.2 Å². The van der Waals surface area contributed by atoms with Crippen molar-refractivity contribution in [1.29, 1.82) is 0 Å². The highest BCUT2D eigenvalue weighted by Crippen LogP contribution is 2.22. The number of benzene rings is 1. The van der Waals surface area contributed by atoms with Gasteiger partial charge in [-0.25, -0.2) is 9.59 Å². The molecule has 6 nitrogen and oxygen atoms in total. The van der Waals surface area contributed by atoms with Gasteiger partial charge in [0.2, 0.25) is 12.2 Å². The molecule has 0 aliphatic rings. The number of aliphatic hydroxyl groups excluding tert-OH is 2. The summed E-state index contributed by atoms with van der Waals surface area (Å²) in [5.74, 6) is -3.51. The summed E-state index contributed by atoms with van der Waals surface area (Å²) in [4.78, 5) is 22.1. The number of aliphatic hydroxyl groups is 2. The number of hydrogen-bond acceptors (Lipinski definition) is 6. The lowest BCUT2D eigenvalue weighted by Crippen LogP contribution is -2.37. The third-order valence-electron chi connectivity index (χ3n) is 4.02. The topological polar surface area (TPSA) is 93.1 Å². The minimum Gasteiger partial charge on any atom is -0.464 e. The second-order valence-corrected chi connectivity index (χ2v) is 6.60. The van der Waals surface area contributed by atoms with E-state index in [1.165, 1.54) is 0 Å². The molecule has 0 saturated carbocycles. The molecule has 31 heavy (non-hydrogen) atoms. The van der Waals surface area contributed by atoms with Crippen LogP contribution >= 0.6 is 0 Å². The molecule has 0 aliphatic heterocycles. The van der Waals surface area contributed by atoms with Crippen LogP contribution in [0.2, 0.25) is 0 Å². The number of carbonyl (C=O) groups excluding carboxylic acids is 2. The van der Waals surface area contributed by atoms with Crippen molar-refractivity contribution in [3.8, 4) is 0 Å². The van der Waals surface area contributed by atoms with Gasteiger partial charge in [0, 0.05) is 0 Å². The van der Waals surface area contributed by atoms with Gasteiger partial charge in [0.25, 0.3) is 0 Å². The van der Waals surface area contributed by atoms with E-state index in [9.17, 15) is 35.9 Å². The van der Waals surface area contributed by atoms with Crippen molar-refractivity contribution >= 4 is 11.9 Å². The van der Waals surface area contributed by atoms with Crippen molar-refractivity contribution in [3.63, 3.8) is 0 Å². The van der Waals surface area contributed by atoms with E-state index in [1.807, 2.05) is 6.07 Å². The highest BCUT2D eigenvalue weighted by Gasteiger charge is 2.45. The second-order valence-electron chi connectivity index (χ2n) is 6.60. The fraction of sp³-hybridized carbons (Fsp3) is 0.579. The summed E-state index contributed by atoms with van der Waals surface area (Å²) in [6, 6.07) is 7.11. The Kier molecular flexibility index (Phi) is 10.2. The van der Waals surface area contributed by atoms with E-state index in [0.29, 0.717) is 19.3 Å². The van der Waals surface area contributed by atoms with E-state index >= 15 is 0 Å². The Morgan fingerprint density at radius 3 is 1.65 bits per heavy atom. The molecule has 2 N–H and O–H groups in total. The fourth-order valence-electron chi connectivity index (χ4n) is 2.42. The predicted molar refractivity (Wildman–Crippen MR) is 93.7 cm³/mol. The van der Waals surface area contributed by atoms with Crippen LogP contribution in [0.25, 0.3) is 0 Å². The van der Waals surface area contributed by atoms with Gasteiger partial charge in [-0.2, -0.15) is 26.3 Å². The molecule has 0 spiro atoms. The fourth-order valence-corrected chi connectivity index (χ4v) is 2.42. The average Bonchev–Trinajstić information content (AvgIpc) is 2.68. The number of rotatable bonds is 11. The van der Waals surface area contributed by atoms with Crippen molar-refractivity contribution in [3.05, 3.63) is 35.4 Å². The Morgan fingerprint density at radius 1 is 0.774 bits per heavy atom. The zero-order valence-corrected chi connectivity index (χ0v) is 16.2. The highest BCUT2D eigenvalue weighted by atomic mass is 19.4. The lowest BCUT2D eigenvalue weighted by molar-refractivity contribution is -0.219. The first-order valence-electron chi connectivity index (χ1n) is 9.23. The van der Waals surface area contributed by atoms with Crippen LogP contribution < -0.4 is 0 Å². The summed E-state index contributed by atoms with van der Waals surface area (Å²) < 4.78 is 81.7. The summed E-state index contributed by atoms with van der Waals surface area (Å²) >= 11 is 0. The zero-order valence-electron chi connectivity index (χ0n) is 16.2. The van der Waals surface area contributed by atoms with E-state index < -0.39 is 36.5 Å². The number of ether oxygens (including phenoxy) is 2. The van der Waals surface area contributed by atoms with E-state index in [2.05, 4.69) is 9.47 Å². The molecule has 12 heteroatoms. The zero-order chi connectivity index (χ0) is 23.7. The number of unbranched alkanes of at least 4 members (excludes halogenated alkanes) is 1. The largest absolute Gasteiger partial charge is 0.464 e. The first-order valence-corrected chi connectivity index (χ1v) is 9.23. The standard InChI is InChI=1S/C19H22F6O6/c20-18(21,22)14(26)16(28)30-9-2-1-5-12-6-3-7-13(11-12)8-4-10-31-17(29)15(27)19(23,24)25/h3,6-7,11,14-15,26-27H,1-2,4-5,8-10H2/t14-,15-/m0/s1. The third kappa shape index (κ3) is 10.0. The van der Waals surface area contributed by atoms with Gasteiger partial charge in [-0.15, -0.1) is 0 Å². The van der Waals surface area contributed by atoms with Crippen LogP contribution in [-0.2, 0) is 31.9 Å². The Labute approximate surface area is 173 Å². The number of aryl methyl sites for hydroxylation is 2. The van der Waals surface area contributed by atoms with Crippen molar-refractivity contribution < 1.29 is 55.6 Å². The Balaban J connectivity index is 2.30. The van der Waals surface area contributed by atoms with E-state index in [1.54, 1.807) is 18.2 Å². The van der Waals surface area contributed by atoms with Crippen LogP contribution in [0.4, 0.5) is 26.3 Å². The van der Waals surface area contributed by atoms with Crippen LogP contribution in [0.5, 0.6) is 0 Å². The third-order valence-corrected chi connectivity index (χ3v) is 4.02. The average molecular weight is 460 g/mol. The minimum absolute atomic E-state index is 0.233. The molecule has 0 unspecified atom stereocenters. The Morgan fingerprint density at radius 2 is 1.19 bits per heavy atom. The molecule has 1 aromatic rings. The molecule has 0 radical (unpaired) electrons. The van der Waals surface area contributed by atoms with E-state index in [4.69, 9.17) is 10.2 Å². The maximum absolute atomic E-state index is 12.2. The molecular weight excluding hydrogens is 438 g/mol. The van der Waals surface area contributed by atoms with Gasteiger partial charge < -0.3 is 19.7 Å². The predicted octanol–water partition coefficient (Wildman–Crippen LogP) is 2.87. The lowest BCUT2D eigenvalue weighted by atomic mass is 10.0. The van der Waals surface area contributed by atoms with E-state index in [-0.39, 0.29) is 26.1 Å². The normalized spacial score (nSPS) is 14.1. The Hall–Kier alpha value is -2.34. The SMILES string of the molecule is O=C(OCCCCc1cccc(CCCOC(=O)[C@H](O)C(F)(F)F)c1)[C@H](O)C(F)(F)F. The molecule has 0 fully saturated rings. The van der Waals surface area contributed by atoms with Crippen LogP contribution in [0.3, 0.4) is 0 Å². The summed E-state index contributed by atoms with van der Waals surface area (Å²) in [7, 11) is 0. The molecule has 0 aliphatic carbocycles. The molecule has 0 amide bonds. The van der Waals surface area contributed by atoms with E-state index in [0.717, 1.165) is 11.1 Å². The van der Waals surface area contributed by atoms with Gasteiger partial charge in [-0.05, 0) is 43.2 Å². The van der Waals surface area contributed by atoms with Crippen molar-refractivity contribution in [2.24, 2.45) is 0 Å².